The summed E-state index contributed by atoms with van der Waals surface area (Å²) in [6.45, 7) is 7.53. The number of benzene rings is 1. The standard InChI is InChI=1S/C14H18Cl2O2/c1-4-14(2,3)13(16)9-7-11-12(8-10(9)15)18-6-5-17-11/h7-8,13H,4-6H2,1-3H3. The van der Waals surface area contributed by atoms with Crippen molar-refractivity contribution in [3.8, 4) is 11.5 Å². The van der Waals surface area contributed by atoms with E-state index in [9.17, 15) is 0 Å². The van der Waals surface area contributed by atoms with Gasteiger partial charge in [-0.15, -0.1) is 11.6 Å². The molecular weight excluding hydrogens is 271 g/mol. The van der Waals surface area contributed by atoms with Crippen molar-refractivity contribution in [1.29, 1.82) is 0 Å². The van der Waals surface area contributed by atoms with E-state index < -0.39 is 0 Å². The van der Waals surface area contributed by atoms with Crippen LogP contribution in [0.4, 0.5) is 0 Å². The minimum Gasteiger partial charge on any atom is -0.486 e. The SMILES string of the molecule is CCC(C)(C)C(Cl)c1cc2c(cc1Cl)OCCO2. The molecule has 0 spiro atoms. The van der Waals surface area contributed by atoms with Crippen LogP contribution in [-0.2, 0) is 0 Å². The highest BCUT2D eigenvalue weighted by Crippen LogP contribution is 2.47. The average Bonchev–Trinajstić information content (AvgIpc) is 2.37. The number of rotatable bonds is 3. The molecule has 2 rings (SSSR count). The van der Waals surface area contributed by atoms with Crippen LogP contribution in [0, 0.1) is 5.41 Å². The number of halogens is 2. The number of fused-ring (bicyclic) bond motifs is 1. The van der Waals surface area contributed by atoms with Crippen LogP contribution in [0.15, 0.2) is 12.1 Å². The Morgan fingerprint density at radius 1 is 1.22 bits per heavy atom. The van der Waals surface area contributed by atoms with Crippen molar-refractivity contribution < 1.29 is 9.47 Å². The maximum atomic E-state index is 6.56. The first-order valence-corrected chi connectivity index (χ1v) is 7.00. The maximum Gasteiger partial charge on any atom is 0.162 e. The fourth-order valence-electron chi connectivity index (χ4n) is 1.87. The lowest BCUT2D eigenvalue weighted by molar-refractivity contribution is 0.171. The molecule has 0 aromatic heterocycles. The van der Waals surface area contributed by atoms with Crippen LogP contribution >= 0.6 is 23.2 Å². The Kier molecular flexibility index (Phi) is 3.98. The normalized spacial score (nSPS) is 16.5. The summed E-state index contributed by atoms with van der Waals surface area (Å²) in [6.07, 6.45) is 0.978. The largest absolute Gasteiger partial charge is 0.486 e. The smallest absolute Gasteiger partial charge is 0.162 e. The molecule has 0 N–H and O–H groups in total. The van der Waals surface area contributed by atoms with Crippen molar-refractivity contribution in [1.82, 2.24) is 0 Å². The van der Waals surface area contributed by atoms with Crippen LogP contribution in [-0.4, -0.2) is 13.2 Å². The second-order valence-corrected chi connectivity index (χ2v) is 6.07. The molecule has 0 saturated carbocycles. The van der Waals surface area contributed by atoms with Crippen LogP contribution in [0.1, 0.15) is 38.1 Å². The second kappa shape index (κ2) is 5.18. The molecule has 1 aromatic rings. The van der Waals surface area contributed by atoms with Crippen molar-refractivity contribution >= 4 is 23.2 Å². The molecule has 1 atom stereocenters. The molecule has 0 saturated heterocycles. The first-order chi connectivity index (χ1) is 8.45. The van der Waals surface area contributed by atoms with Crippen LogP contribution in [0.2, 0.25) is 5.02 Å². The van der Waals surface area contributed by atoms with Gasteiger partial charge < -0.3 is 9.47 Å². The minimum atomic E-state index is -0.147. The third-order valence-electron chi connectivity index (χ3n) is 3.53. The van der Waals surface area contributed by atoms with E-state index in [4.69, 9.17) is 32.7 Å². The van der Waals surface area contributed by atoms with E-state index in [2.05, 4.69) is 20.8 Å². The molecule has 1 aliphatic rings. The van der Waals surface area contributed by atoms with Crippen LogP contribution in [0.5, 0.6) is 11.5 Å². The van der Waals surface area contributed by atoms with Gasteiger partial charge in [0.15, 0.2) is 11.5 Å². The van der Waals surface area contributed by atoms with Gasteiger partial charge in [0.1, 0.15) is 13.2 Å². The molecule has 1 aliphatic heterocycles. The predicted molar refractivity (Wildman–Crippen MR) is 75.1 cm³/mol. The molecule has 100 valence electrons. The molecule has 0 aliphatic carbocycles. The molecule has 18 heavy (non-hydrogen) atoms. The molecular formula is C14H18Cl2O2. The number of ether oxygens (including phenoxy) is 2. The first kappa shape index (κ1) is 13.8. The number of alkyl halides is 1. The Balaban J connectivity index is 2.39. The van der Waals surface area contributed by atoms with Gasteiger partial charge in [0.25, 0.3) is 0 Å². The Morgan fingerprint density at radius 3 is 2.33 bits per heavy atom. The third-order valence-corrected chi connectivity index (χ3v) is 4.69. The summed E-state index contributed by atoms with van der Waals surface area (Å²) in [5.41, 5.74) is 0.893. The predicted octanol–water partition coefficient (Wildman–Crippen LogP) is 4.83. The van der Waals surface area contributed by atoms with Crippen molar-refractivity contribution in [2.24, 2.45) is 5.41 Å². The average molecular weight is 289 g/mol. The summed E-state index contributed by atoms with van der Waals surface area (Å²) in [4.78, 5) is 0. The third kappa shape index (κ3) is 2.55. The van der Waals surface area contributed by atoms with Gasteiger partial charge in [-0.05, 0) is 23.5 Å². The van der Waals surface area contributed by atoms with Crippen LogP contribution < -0.4 is 9.47 Å². The highest BCUT2D eigenvalue weighted by Gasteiger charge is 2.30. The molecule has 1 heterocycles. The summed E-state index contributed by atoms with van der Waals surface area (Å²) >= 11 is 12.9. The van der Waals surface area contributed by atoms with E-state index in [0.29, 0.717) is 24.0 Å². The summed E-state index contributed by atoms with van der Waals surface area (Å²) in [5, 5.41) is 0.492. The Hall–Kier alpha value is -0.600. The van der Waals surface area contributed by atoms with E-state index in [1.807, 2.05) is 6.07 Å². The summed E-state index contributed by atoms with van der Waals surface area (Å²) in [6, 6.07) is 3.71. The quantitative estimate of drug-likeness (QED) is 0.742. The highest BCUT2D eigenvalue weighted by molar-refractivity contribution is 6.33. The van der Waals surface area contributed by atoms with Crippen molar-refractivity contribution in [2.45, 2.75) is 32.6 Å². The molecule has 0 radical (unpaired) electrons. The summed E-state index contributed by atoms with van der Waals surface area (Å²) in [7, 11) is 0. The zero-order valence-electron chi connectivity index (χ0n) is 10.9. The van der Waals surface area contributed by atoms with Crippen LogP contribution in [0.3, 0.4) is 0 Å². The lowest BCUT2D eigenvalue weighted by atomic mass is 9.82. The van der Waals surface area contributed by atoms with Gasteiger partial charge in [0.2, 0.25) is 0 Å². The second-order valence-electron chi connectivity index (χ2n) is 5.22. The van der Waals surface area contributed by atoms with Crippen molar-refractivity contribution in [3.63, 3.8) is 0 Å². The maximum absolute atomic E-state index is 6.56. The number of hydrogen-bond donors (Lipinski definition) is 0. The molecule has 2 nitrogen and oxygen atoms in total. The fourth-order valence-corrected chi connectivity index (χ4v) is 2.53. The molecule has 4 heteroatoms. The van der Waals surface area contributed by atoms with Crippen LogP contribution in [0.25, 0.3) is 0 Å². The van der Waals surface area contributed by atoms with Gasteiger partial charge in [-0.25, -0.2) is 0 Å². The molecule has 0 bridgehead atoms. The highest BCUT2D eigenvalue weighted by atomic mass is 35.5. The zero-order chi connectivity index (χ0) is 13.3. The van der Waals surface area contributed by atoms with Gasteiger partial charge in [-0.1, -0.05) is 32.4 Å². The van der Waals surface area contributed by atoms with Gasteiger partial charge in [0, 0.05) is 11.1 Å². The molecule has 1 aromatic carbocycles. The van der Waals surface area contributed by atoms with Gasteiger partial charge >= 0.3 is 0 Å². The first-order valence-electron chi connectivity index (χ1n) is 6.19. The summed E-state index contributed by atoms with van der Waals surface area (Å²) < 4.78 is 11.1. The number of hydrogen-bond acceptors (Lipinski definition) is 2. The molecule has 0 fully saturated rings. The van der Waals surface area contributed by atoms with E-state index in [1.54, 1.807) is 6.07 Å². The summed E-state index contributed by atoms with van der Waals surface area (Å²) in [5.74, 6) is 1.44. The lowest BCUT2D eigenvalue weighted by Crippen LogP contribution is -2.19. The van der Waals surface area contributed by atoms with E-state index in [0.717, 1.165) is 17.7 Å². The van der Waals surface area contributed by atoms with E-state index >= 15 is 0 Å². The molecule has 0 amide bonds. The Bertz CT molecular complexity index is 444. The minimum absolute atomic E-state index is 0.0189. The Labute approximate surface area is 118 Å². The van der Waals surface area contributed by atoms with Crippen molar-refractivity contribution in [3.05, 3.63) is 22.7 Å². The molecule has 1 unspecified atom stereocenters. The fraction of sp³-hybridized carbons (Fsp3) is 0.571. The van der Waals surface area contributed by atoms with Gasteiger partial charge in [0.05, 0.1) is 5.38 Å². The zero-order valence-corrected chi connectivity index (χ0v) is 12.4. The topological polar surface area (TPSA) is 18.5 Å². The van der Waals surface area contributed by atoms with Gasteiger partial charge in [-0.2, -0.15) is 0 Å². The monoisotopic (exact) mass is 288 g/mol. The van der Waals surface area contributed by atoms with Crippen molar-refractivity contribution in [2.75, 3.05) is 13.2 Å². The van der Waals surface area contributed by atoms with Gasteiger partial charge in [-0.3, -0.25) is 0 Å². The van der Waals surface area contributed by atoms with E-state index in [-0.39, 0.29) is 10.8 Å². The van der Waals surface area contributed by atoms with E-state index in [1.165, 1.54) is 0 Å². The lowest BCUT2D eigenvalue weighted by Gasteiger charge is -2.30. The Morgan fingerprint density at radius 2 is 1.78 bits per heavy atom.